The van der Waals surface area contributed by atoms with Gasteiger partial charge in [0.2, 0.25) is 0 Å². The van der Waals surface area contributed by atoms with Crippen LogP contribution in [-0.2, 0) is 0 Å². The van der Waals surface area contributed by atoms with Crippen molar-refractivity contribution in [3.8, 4) is 0 Å². The zero-order chi connectivity index (χ0) is 10.0. The van der Waals surface area contributed by atoms with E-state index in [4.69, 9.17) is 5.73 Å². The van der Waals surface area contributed by atoms with Gasteiger partial charge in [-0.05, 0) is 38.9 Å². The molecule has 2 rings (SSSR count). The molecule has 2 saturated heterocycles. The summed E-state index contributed by atoms with van der Waals surface area (Å²) in [5.74, 6) is 0. The number of likely N-dealkylation sites (N-methyl/N-ethyl adjacent to an activating group) is 1. The lowest BCUT2D eigenvalue weighted by molar-refractivity contribution is 0.129. The van der Waals surface area contributed by atoms with Crippen LogP contribution in [0.5, 0.6) is 0 Å². The van der Waals surface area contributed by atoms with E-state index in [2.05, 4.69) is 16.7 Å². The van der Waals surface area contributed by atoms with Gasteiger partial charge in [-0.25, -0.2) is 0 Å². The van der Waals surface area contributed by atoms with Crippen LogP contribution < -0.4 is 5.73 Å². The van der Waals surface area contributed by atoms with Gasteiger partial charge in [0, 0.05) is 25.2 Å². The minimum Gasteiger partial charge on any atom is -0.329 e. The molecule has 0 amide bonds. The minimum absolute atomic E-state index is 0.326. The Morgan fingerprint density at radius 3 is 2.43 bits per heavy atom. The second-order valence-electron chi connectivity index (χ2n) is 4.74. The first-order chi connectivity index (χ1) is 6.80. The molecule has 1 atom stereocenters. The van der Waals surface area contributed by atoms with Gasteiger partial charge in [-0.2, -0.15) is 0 Å². The second kappa shape index (κ2) is 4.17. The summed E-state index contributed by atoms with van der Waals surface area (Å²) in [7, 11) is 0. The third-order valence-electron chi connectivity index (χ3n) is 4.02. The summed E-state index contributed by atoms with van der Waals surface area (Å²) >= 11 is 0. The van der Waals surface area contributed by atoms with Crippen molar-refractivity contribution in [2.45, 2.75) is 31.7 Å². The van der Waals surface area contributed by atoms with Crippen LogP contribution in [0.25, 0.3) is 0 Å². The summed E-state index contributed by atoms with van der Waals surface area (Å²) in [4.78, 5) is 5.17. The van der Waals surface area contributed by atoms with Crippen molar-refractivity contribution in [1.29, 1.82) is 0 Å². The van der Waals surface area contributed by atoms with E-state index in [1.165, 1.54) is 52.0 Å². The Hall–Kier alpha value is -0.120. The topological polar surface area (TPSA) is 32.5 Å². The van der Waals surface area contributed by atoms with E-state index in [0.717, 1.165) is 6.54 Å². The third-order valence-corrected chi connectivity index (χ3v) is 4.02. The molecule has 3 nitrogen and oxygen atoms in total. The van der Waals surface area contributed by atoms with Crippen LogP contribution >= 0.6 is 0 Å². The Morgan fingerprint density at radius 2 is 1.93 bits per heavy atom. The van der Waals surface area contributed by atoms with Crippen molar-refractivity contribution in [3.63, 3.8) is 0 Å². The first kappa shape index (κ1) is 10.4. The van der Waals surface area contributed by atoms with Gasteiger partial charge in [-0.15, -0.1) is 0 Å². The molecule has 2 heterocycles. The van der Waals surface area contributed by atoms with Crippen LogP contribution in [0.1, 0.15) is 26.2 Å². The Balaban J connectivity index is 2.02. The van der Waals surface area contributed by atoms with E-state index in [1.54, 1.807) is 0 Å². The van der Waals surface area contributed by atoms with Gasteiger partial charge in [0.15, 0.2) is 0 Å². The smallest absolute Gasteiger partial charge is 0.0470 e. The Morgan fingerprint density at radius 1 is 1.21 bits per heavy atom. The summed E-state index contributed by atoms with van der Waals surface area (Å²) < 4.78 is 0. The van der Waals surface area contributed by atoms with Crippen molar-refractivity contribution in [2.24, 2.45) is 5.73 Å². The van der Waals surface area contributed by atoms with Crippen LogP contribution in [-0.4, -0.2) is 54.6 Å². The van der Waals surface area contributed by atoms with E-state index in [1.807, 2.05) is 0 Å². The molecule has 2 aliphatic heterocycles. The highest BCUT2D eigenvalue weighted by molar-refractivity contribution is 5.00. The normalized spacial score (nSPS) is 35.6. The lowest BCUT2D eigenvalue weighted by atomic mass is 9.97. The molecule has 0 spiro atoms. The number of hydrogen-bond acceptors (Lipinski definition) is 3. The maximum Gasteiger partial charge on any atom is 0.0470 e. The summed E-state index contributed by atoms with van der Waals surface area (Å²) in [6.45, 7) is 9.24. The van der Waals surface area contributed by atoms with Gasteiger partial charge in [0.1, 0.15) is 0 Å². The largest absolute Gasteiger partial charge is 0.329 e. The Kier molecular flexibility index (Phi) is 3.10. The number of nitrogens with zero attached hydrogens (tertiary/aromatic N) is 2. The third kappa shape index (κ3) is 1.69. The van der Waals surface area contributed by atoms with Gasteiger partial charge in [-0.1, -0.05) is 6.92 Å². The molecule has 1 unspecified atom stereocenters. The number of likely N-dealkylation sites (tertiary alicyclic amines) is 2. The molecule has 0 radical (unpaired) electrons. The lowest BCUT2D eigenvalue weighted by Crippen LogP contribution is -2.54. The maximum absolute atomic E-state index is 6.00. The summed E-state index contributed by atoms with van der Waals surface area (Å²) in [5.41, 5.74) is 6.32. The van der Waals surface area contributed by atoms with E-state index in [9.17, 15) is 0 Å². The number of hydrogen-bond donors (Lipinski definition) is 1. The molecule has 2 aliphatic rings. The monoisotopic (exact) mass is 197 g/mol. The molecule has 0 aliphatic carbocycles. The van der Waals surface area contributed by atoms with Crippen LogP contribution in [0.4, 0.5) is 0 Å². The highest BCUT2D eigenvalue weighted by atomic mass is 15.3. The summed E-state index contributed by atoms with van der Waals surface area (Å²) in [6.07, 6.45) is 4.01. The molecule has 82 valence electrons. The van der Waals surface area contributed by atoms with Crippen molar-refractivity contribution < 1.29 is 0 Å². The molecular formula is C11H23N3. The van der Waals surface area contributed by atoms with Gasteiger partial charge in [-0.3, -0.25) is 4.90 Å². The standard InChI is InChI=1S/C11H23N3/c1-2-13-8-5-11(9-12,10-13)14-6-3-4-7-14/h2-10,12H2,1H3. The molecule has 3 heteroatoms. The molecule has 14 heavy (non-hydrogen) atoms. The molecule has 2 fully saturated rings. The predicted octanol–water partition coefficient (Wildman–Crippen LogP) is 0.505. The van der Waals surface area contributed by atoms with Crippen molar-refractivity contribution in [2.75, 3.05) is 39.3 Å². The van der Waals surface area contributed by atoms with Crippen molar-refractivity contribution >= 4 is 0 Å². The zero-order valence-electron chi connectivity index (χ0n) is 9.34. The van der Waals surface area contributed by atoms with Crippen LogP contribution in [0, 0.1) is 0 Å². The number of nitrogens with two attached hydrogens (primary N) is 1. The lowest BCUT2D eigenvalue weighted by Gasteiger charge is -2.37. The average molecular weight is 197 g/mol. The maximum atomic E-state index is 6.00. The van der Waals surface area contributed by atoms with E-state index < -0.39 is 0 Å². The zero-order valence-corrected chi connectivity index (χ0v) is 9.34. The minimum atomic E-state index is 0.326. The highest BCUT2D eigenvalue weighted by Gasteiger charge is 2.42. The quantitative estimate of drug-likeness (QED) is 0.715. The number of rotatable bonds is 3. The highest BCUT2D eigenvalue weighted by Crippen LogP contribution is 2.30. The molecule has 0 aromatic heterocycles. The molecule has 0 aromatic rings. The predicted molar refractivity (Wildman–Crippen MR) is 59.3 cm³/mol. The summed E-state index contributed by atoms with van der Waals surface area (Å²) in [6, 6.07) is 0. The van der Waals surface area contributed by atoms with Gasteiger partial charge < -0.3 is 10.6 Å². The van der Waals surface area contributed by atoms with E-state index >= 15 is 0 Å². The Labute approximate surface area is 87.2 Å². The fraction of sp³-hybridized carbons (Fsp3) is 1.00. The van der Waals surface area contributed by atoms with Crippen LogP contribution in [0.2, 0.25) is 0 Å². The first-order valence-electron chi connectivity index (χ1n) is 5.98. The molecular weight excluding hydrogens is 174 g/mol. The van der Waals surface area contributed by atoms with E-state index in [-0.39, 0.29) is 0 Å². The van der Waals surface area contributed by atoms with Gasteiger partial charge in [0.05, 0.1) is 0 Å². The van der Waals surface area contributed by atoms with Crippen molar-refractivity contribution in [3.05, 3.63) is 0 Å². The molecule has 0 aromatic carbocycles. The van der Waals surface area contributed by atoms with Gasteiger partial charge in [0.25, 0.3) is 0 Å². The van der Waals surface area contributed by atoms with Crippen LogP contribution in [0.3, 0.4) is 0 Å². The van der Waals surface area contributed by atoms with Crippen LogP contribution in [0.15, 0.2) is 0 Å². The summed E-state index contributed by atoms with van der Waals surface area (Å²) in [5, 5.41) is 0. The second-order valence-corrected chi connectivity index (χ2v) is 4.74. The fourth-order valence-corrected chi connectivity index (χ4v) is 2.96. The SMILES string of the molecule is CCN1CCC(CN)(N2CCCC2)C1. The van der Waals surface area contributed by atoms with Crippen molar-refractivity contribution in [1.82, 2.24) is 9.80 Å². The molecule has 0 bridgehead atoms. The van der Waals surface area contributed by atoms with E-state index in [0.29, 0.717) is 5.54 Å². The average Bonchev–Trinajstić information content (AvgIpc) is 2.87. The Bertz CT molecular complexity index is 189. The fourth-order valence-electron chi connectivity index (χ4n) is 2.96. The molecule has 0 saturated carbocycles. The first-order valence-corrected chi connectivity index (χ1v) is 5.98. The molecule has 2 N–H and O–H groups in total. The van der Waals surface area contributed by atoms with Gasteiger partial charge >= 0.3 is 0 Å².